The summed E-state index contributed by atoms with van der Waals surface area (Å²) in [6.45, 7) is 3.55. The van der Waals surface area contributed by atoms with E-state index in [-0.39, 0.29) is 11.7 Å². The van der Waals surface area contributed by atoms with Crippen LogP contribution in [-0.2, 0) is 14.2 Å². The number of rotatable bonds is 5. The molecule has 0 bridgehead atoms. The Hall–Kier alpha value is -1.48. The monoisotopic (exact) mass is 279 g/mol. The Kier molecular flexibility index (Phi) is 5.48. The van der Waals surface area contributed by atoms with Crippen LogP contribution < -0.4 is 0 Å². The third-order valence-corrected chi connectivity index (χ3v) is 3.10. The second kappa shape index (κ2) is 7.34. The molecule has 2 rings (SSSR count). The van der Waals surface area contributed by atoms with E-state index in [1.165, 1.54) is 12.1 Å². The van der Waals surface area contributed by atoms with Crippen LogP contribution in [0.4, 0.5) is 4.39 Å². The number of halogens is 1. The summed E-state index contributed by atoms with van der Waals surface area (Å²) in [5, 5.41) is 8.71. The Morgan fingerprint density at radius 3 is 2.75 bits per heavy atom. The van der Waals surface area contributed by atoms with Crippen molar-refractivity contribution in [2.45, 2.75) is 32.2 Å². The van der Waals surface area contributed by atoms with Crippen LogP contribution in [0.2, 0.25) is 0 Å². The topological polar surface area (TPSA) is 51.5 Å². The molecule has 1 aliphatic rings. The summed E-state index contributed by atoms with van der Waals surface area (Å²) >= 11 is 0. The molecule has 1 heterocycles. The van der Waals surface area contributed by atoms with E-state index >= 15 is 0 Å². The van der Waals surface area contributed by atoms with Gasteiger partial charge in [0, 0.05) is 12.2 Å². The highest BCUT2D eigenvalue weighted by molar-refractivity contribution is 5.33. The fourth-order valence-corrected chi connectivity index (χ4v) is 1.94. The molecule has 1 aromatic carbocycles. The first-order valence-electron chi connectivity index (χ1n) is 6.79. The second-order valence-corrected chi connectivity index (χ2v) is 4.69. The van der Waals surface area contributed by atoms with Gasteiger partial charge in [-0.05, 0) is 24.6 Å². The highest BCUT2D eigenvalue weighted by atomic mass is 19.1. The van der Waals surface area contributed by atoms with Gasteiger partial charge >= 0.3 is 0 Å². The van der Waals surface area contributed by atoms with Gasteiger partial charge in [-0.2, -0.15) is 5.26 Å². The normalized spacial score (nSPS) is 22.4. The maximum Gasteiger partial charge on any atom is 0.186 e. The van der Waals surface area contributed by atoms with Crippen LogP contribution in [0, 0.1) is 17.1 Å². The van der Waals surface area contributed by atoms with Crippen LogP contribution in [0.15, 0.2) is 18.2 Å². The van der Waals surface area contributed by atoms with Crippen molar-refractivity contribution in [1.29, 1.82) is 5.26 Å². The minimum absolute atomic E-state index is 0.0979. The molecule has 0 aliphatic carbocycles. The maximum atomic E-state index is 13.8. The Labute approximate surface area is 118 Å². The van der Waals surface area contributed by atoms with Crippen LogP contribution in [0.25, 0.3) is 0 Å². The summed E-state index contributed by atoms with van der Waals surface area (Å²) in [6.07, 6.45) is 1.26. The third kappa shape index (κ3) is 3.76. The number of hydrogen-bond acceptors (Lipinski definition) is 4. The van der Waals surface area contributed by atoms with Crippen LogP contribution in [0.3, 0.4) is 0 Å². The molecule has 0 radical (unpaired) electrons. The zero-order valence-corrected chi connectivity index (χ0v) is 11.5. The molecule has 0 spiro atoms. The van der Waals surface area contributed by atoms with Crippen LogP contribution in [0.1, 0.15) is 37.2 Å². The largest absolute Gasteiger partial charge is 0.373 e. The van der Waals surface area contributed by atoms with Gasteiger partial charge in [-0.15, -0.1) is 0 Å². The summed E-state index contributed by atoms with van der Waals surface area (Å²) in [7, 11) is 0. The molecule has 0 saturated carbocycles. The van der Waals surface area contributed by atoms with E-state index in [9.17, 15) is 4.39 Å². The van der Waals surface area contributed by atoms with Gasteiger partial charge in [-0.1, -0.05) is 13.3 Å². The predicted molar refractivity (Wildman–Crippen MR) is 70.4 cm³/mol. The number of nitriles is 1. The number of nitrogens with zero attached hydrogens (tertiary/aromatic N) is 1. The first-order valence-corrected chi connectivity index (χ1v) is 6.79. The van der Waals surface area contributed by atoms with Gasteiger partial charge in [0.25, 0.3) is 0 Å². The molecule has 0 unspecified atom stereocenters. The number of unbranched alkanes of at least 4 members (excludes halogenated alkanes) is 1. The zero-order valence-electron chi connectivity index (χ0n) is 11.5. The summed E-state index contributed by atoms with van der Waals surface area (Å²) < 4.78 is 30.4. The van der Waals surface area contributed by atoms with Gasteiger partial charge in [-0.25, -0.2) is 4.39 Å². The number of hydrogen-bond donors (Lipinski definition) is 0. The van der Waals surface area contributed by atoms with Crippen molar-refractivity contribution < 1.29 is 18.6 Å². The first-order chi connectivity index (χ1) is 9.74. The maximum absolute atomic E-state index is 13.8. The standard InChI is InChI=1S/C15H18FNO3/c1-2-3-6-18-12-9-19-15(20-10-12)13-5-4-11(8-17)7-14(13)16/h4-5,7,12,15H,2-3,6,9-10H2,1H3. The lowest BCUT2D eigenvalue weighted by Gasteiger charge is -2.29. The lowest BCUT2D eigenvalue weighted by molar-refractivity contribution is -0.231. The quantitative estimate of drug-likeness (QED) is 0.778. The molecule has 108 valence electrons. The van der Waals surface area contributed by atoms with Gasteiger partial charge in [0.1, 0.15) is 11.9 Å². The van der Waals surface area contributed by atoms with Crippen LogP contribution in [-0.4, -0.2) is 25.9 Å². The second-order valence-electron chi connectivity index (χ2n) is 4.69. The predicted octanol–water partition coefficient (Wildman–Crippen LogP) is 2.93. The Balaban J connectivity index is 1.89. The zero-order chi connectivity index (χ0) is 14.4. The molecule has 0 amide bonds. The highest BCUT2D eigenvalue weighted by Gasteiger charge is 2.26. The molecule has 1 aromatic rings. The molecule has 0 atom stereocenters. The summed E-state index contributed by atoms with van der Waals surface area (Å²) in [5.74, 6) is -0.487. The van der Waals surface area contributed by atoms with E-state index in [1.807, 2.05) is 6.07 Å². The highest BCUT2D eigenvalue weighted by Crippen LogP contribution is 2.26. The summed E-state index contributed by atoms with van der Waals surface area (Å²) in [5.41, 5.74) is 0.596. The van der Waals surface area contributed by atoms with Crippen molar-refractivity contribution in [3.63, 3.8) is 0 Å². The van der Waals surface area contributed by atoms with E-state index in [0.717, 1.165) is 12.8 Å². The van der Waals surface area contributed by atoms with Gasteiger partial charge in [0.2, 0.25) is 0 Å². The molecule has 20 heavy (non-hydrogen) atoms. The van der Waals surface area contributed by atoms with Gasteiger partial charge in [-0.3, -0.25) is 0 Å². The minimum Gasteiger partial charge on any atom is -0.373 e. The van der Waals surface area contributed by atoms with Gasteiger partial charge in [0.05, 0.1) is 24.8 Å². The Morgan fingerprint density at radius 2 is 2.15 bits per heavy atom. The van der Waals surface area contributed by atoms with Crippen LogP contribution in [0.5, 0.6) is 0 Å². The van der Waals surface area contributed by atoms with E-state index in [4.69, 9.17) is 19.5 Å². The smallest absolute Gasteiger partial charge is 0.186 e. The molecular formula is C15H18FNO3. The van der Waals surface area contributed by atoms with Crippen molar-refractivity contribution in [2.24, 2.45) is 0 Å². The van der Waals surface area contributed by atoms with Crippen molar-refractivity contribution >= 4 is 0 Å². The molecule has 1 saturated heterocycles. The molecule has 1 fully saturated rings. The summed E-state index contributed by atoms with van der Waals surface area (Å²) in [6, 6.07) is 6.15. The Morgan fingerprint density at radius 1 is 1.40 bits per heavy atom. The number of benzene rings is 1. The SMILES string of the molecule is CCCCOC1COC(c2ccc(C#N)cc2F)OC1. The molecule has 0 N–H and O–H groups in total. The molecule has 1 aliphatic heterocycles. The van der Waals surface area contributed by atoms with Gasteiger partial charge in [0.15, 0.2) is 6.29 Å². The van der Waals surface area contributed by atoms with Crippen molar-refractivity contribution in [3.05, 3.63) is 35.1 Å². The average molecular weight is 279 g/mol. The van der Waals surface area contributed by atoms with Crippen molar-refractivity contribution in [2.75, 3.05) is 19.8 Å². The fourth-order valence-electron chi connectivity index (χ4n) is 1.94. The summed E-state index contributed by atoms with van der Waals surface area (Å²) in [4.78, 5) is 0. The molecule has 0 aromatic heterocycles. The minimum atomic E-state index is -0.728. The van der Waals surface area contributed by atoms with E-state index in [2.05, 4.69) is 6.92 Å². The van der Waals surface area contributed by atoms with Crippen molar-refractivity contribution in [1.82, 2.24) is 0 Å². The third-order valence-electron chi connectivity index (χ3n) is 3.10. The van der Waals surface area contributed by atoms with Crippen molar-refractivity contribution in [3.8, 4) is 6.07 Å². The lowest BCUT2D eigenvalue weighted by Crippen LogP contribution is -2.34. The number of ether oxygens (including phenoxy) is 3. The lowest BCUT2D eigenvalue weighted by atomic mass is 10.1. The molecule has 5 heteroatoms. The molecule has 4 nitrogen and oxygen atoms in total. The molecular weight excluding hydrogens is 261 g/mol. The van der Waals surface area contributed by atoms with Crippen LogP contribution >= 0.6 is 0 Å². The first kappa shape index (κ1) is 14.9. The average Bonchev–Trinajstić information content (AvgIpc) is 2.48. The van der Waals surface area contributed by atoms with E-state index in [1.54, 1.807) is 6.07 Å². The fraction of sp³-hybridized carbons (Fsp3) is 0.533. The Bertz CT molecular complexity index is 478. The van der Waals surface area contributed by atoms with Gasteiger partial charge < -0.3 is 14.2 Å². The van der Waals surface area contributed by atoms with E-state index < -0.39 is 12.1 Å². The van der Waals surface area contributed by atoms with E-state index in [0.29, 0.717) is 25.4 Å².